The smallest absolute Gasteiger partial charge is 0.250 e. The molecule has 1 aromatic heterocycles. The minimum absolute atomic E-state index is 0.351. The molecule has 3 N–H and O–H groups in total. The first-order valence-electron chi connectivity index (χ1n) is 3.90. The van der Waals surface area contributed by atoms with Crippen molar-refractivity contribution in [1.29, 1.82) is 0 Å². The highest BCUT2D eigenvalue weighted by molar-refractivity contribution is 7.91. The Bertz CT molecular complexity index is 331. The van der Waals surface area contributed by atoms with Crippen LogP contribution >= 0.6 is 11.3 Å². The standard InChI is InChI=1S/C7H12N2O2S2/c8-4-2-5-9-13(10,11)7-3-1-6-12-7/h1,3,6,9H,2,4-5,8H2. The second kappa shape index (κ2) is 4.71. The third kappa shape index (κ3) is 3.07. The van der Waals surface area contributed by atoms with Gasteiger partial charge in [0, 0.05) is 6.54 Å². The maximum Gasteiger partial charge on any atom is 0.250 e. The van der Waals surface area contributed by atoms with Gasteiger partial charge in [-0.1, -0.05) is 6.07 Å². The number of hydrogen-bond donors (Lipinski definition) is 2. The van der Waals surface area contributed by atoms with Gasteiger partial charge >= 0.3 is 0 Å². The average Bonchev–Trinajstić information content (AvgIpc) is 2.56. The molecule has 0 saturated carbocycles. The zero-order valence-electron chi connectivity index (χ0n) is 7.06. The van der Waals surface area contributed by atoms with Crippen molar-refractivity contribution in [2.75, 3.05) is 13.1 Å². The molecular formula is C7H12N2O2S2. The predicted octanol–water partition coefficient (Wildman–Crippen LogP) is 0.375. The van der Waals surface area contributed by atoms with Gasteiger partial charge in [0.2, 0.25) is 10.0 Å². The van der Waals surface area contributed by atoms with E-state index in [-0.39, 0.29) is 0 Å². The predicted molar refractivity (Wildman–Crippen MR) is 53.2 cm³/mol. The lowest BCUT2D eigenvalue weighted by atomic mass is 10.4. The van der Waals surface area contributed by atoms with E-state index in [0.29, 0.717) is 23.7 Å². The molecule has 0 bridgehead atoms. The molecule has 0 atom stereocenters. The van der Waals surface area contributed by atoms with E-state index in [0.717, 1.165) is 0 Å². The van der Waals surface area contributed by atoms with E-state index in [4.69, 9.17) is 5.73 Å². The molecule has 0 spiro atoms. The summed E-state index contributed by atoms with van der Waals surface area (Å²) in [6.07, 6.45) is 0.657. The van der Waals surface area contributed by atoms with E-state index in [1.165, 1.54) is 11.3 Å². The van der Waals surface area contributed by atoms with E-state index in [9.17, 15) is 8.42 Å². The van der Waals surface area contributed by atoms with Crippen LogP contribution in [0.25, 0.3) is 0 Å². The van der Waals surface area contributed by atoms with Crippen LogP contribution in [0.1, 0.15) is 6.42 Å². The summed E-state index contributed by atoms with van der Waals surface area (Å²) in [7, 11) is -3.28. The minimum atomic E-state index is -3.28. The molecule has 0 aliphatic carbocycles. The Labute approximate surface area is 81.8 Å². The Morgan fingerprint density at radius 1 is 1.54 bits per heavy atom. The highest BCUT2D eigenvalue weighted by atomic mass is 32.2. The molecule has 4 nitrogen and oxygen atoms in total. The molecule has 0 aromatic carbocycles. The summed E-state index contributed by atoms with van der Waals surface area (Å²) in [4.78, 5) is 0. The quantitative estimate of drug-likeness (QED) is 0.704. The van der Waals surface area contributed by atoms with Crippen LogP contribution in [0, 0.1) is 0 Å². The van der Waals surface area contributed by atoms with Gasteiger partial charge in [-0.25, -0.2) is 13.1 Å². The highest BCUT2D eigenvalue weighted by Crippen LogP contribution is 2.14. The van der Waals surface area contributed by atoms with Gasteiger partial charge in [-0.05, 0) is 24.4 Å². The third-order valence-corrected chi connectivity index (χ3v) is 4.29. The summed E-state index contributed by atoms with van der Waals surface area (Å²) in [6, 6.07) is 3.29. The monoisotopic (exact) mass is 220 g/mol. The number of nitrogens with two attached hydrogens (primary N) is 1. The van der Waals surface area contributed by atoms with E-state index < -0.39 is 10.0 Å². The maximum atomic E-state index is 11.4. The summed E-state index contributed by atoms with van der Waals surface area (Å²) < 4.78 is 25.7. The summed E-state index contributed by atoms with van der Waals surface area (Å²) in [6.45, 7) is 0.893. The van der Waals surface area contributed by atoms with Gasteiger partial charge in [-0.2, -0.15) is 0 Å². The summed E-state index contributed by atoms with van der Waals surface area (Å²) >= 11 is 1.21. The van der Waals surface area contributed by atoms with Gasteiger partial charge in [-0.15, -0.1) is 11.3 Å². The highest BCUT2D eigenvalue weighted by Gasteiger charge is 2.13. The second-order valence-electron chi connectivity index (χ2n) is 2.47. The molecule has 74 valence electrons. The second-order valence-corrected chi connectivity index (χ2v) is 5.41. The van der Waals surface area contributed by atoms with E-state index in [2.05, 4.69) is 4.72 Å². The summed E-state index contributed by atoms with van der Waals surface area (Å²) in [5.41, 5.74) is 5.24. The maximum absolute atomic E-state index is 11.4. The van der Waals surface area contributed by atoms with Crippen LogP contribution < -0.4 is 10.5 Å². The number of hydrogen-bond acceptors (Lipinski definition) is 4. The largest absolute Gasteiger partial charge is 0.330 e. The first-order chi connectivity index (χ1) is 6.17. The molecule has 13 heavy (non-hydrogen) atoms. The molecule has 0 aliphatic heterocycles. The first kappa shape index (κ1) is 10.6. The molecule has 1 rings (SSSR count). The van der Waals surface area contributed by atoms with Gasteiger partial charge < -0.3 is 5.73 Å². The van der Waals surface area contributed by atoms with Crippen molar-refractivity contribution in [1.82, 2.24) is 4.72 Å². The fraction of sp³-hybridized carbons (Fsp3) is 0.429. The average molecular weight is 220 g/mol. The normalized spacial score (nSPS) is 11.8. The molecule has 0 fully saturated rings. The molecule has 0 radical (unpaired) electrons. The van der Waals surface area contributed by atoms with Crippen molar-refractivity contribution in [3.05, 3.63) is 17.5 Å². The molecule has 1 heterocycles. The van der Waals surface area contributed by atoms with Gasteiger partial charge in [0.05, 0.1) is 0 Å². The van der Waals surface area contributed by atoms with Crippen molar-refractivity contribution in [2.24, 2.45) is 5.73 Å². The number of rotatable bonds is 5. The molecule has 1 aromatic rings. The van der Waals surface area contributed by atoms with E-state index in [1.54, 1.807) is 17.5 Å². The Hall–Kier alpha value is -0.430. The van der Waals surface area contributed by atoms with E-state index >= 15 is 0 Å². The molecule has 6 heteroatoms. The lowest BCUT2D eigenvalue weighted by molar-refractivity contribution is 0.581. The van der Waals surface area contributed by atoms with Crippen LogP contribution in [0.5, 0.6) is 0 Å². The van der Waals surface area contributed by atoms with Gasteiger partial charge in [0.15, 0.2) is 0 Å². The zero-order valence-corrected chi connectivity index (χ0v) is 8.70. The van der Waals surface area contributed by atoms with Crippen LogP contribution in [-0.2, 0) is 10.0 Å². The molecular weight excluding hydrogens is 208 g/mol. The first-order valence-corrected chi connectivity index (χ1v) is 6.26. The Morgan fingerprint density at radius 3 is 2.85 bits per heavy atom. The summed E-state index contributed by atoms with van der Waals surface area (Å²) in [5, 5.41) is 1.73. The van der Waals surface area contributed by atoms with Crippen molar-refractivity contribution in [3.8, 4) is 0 Å². The van der Waals surface area contributed by atoms with Crippen LogP contribution in [-0.4, -0.2) is 21.5 Å². The SMILES string of the molecule is NCCCNS(=O)(=O)c1cccs1. The Morgan fingerprint density at radius 2 is 2.31 bits per heavy atom. The molecule has 0 saturated heterocycles. The van der Waals surface area contributed by atoms with Crippen molar-refractivity contribution in [3.63, 3.8) is 0 Å². The van der Waals surface area contributed by atoms with Crippen LogP contribution in [0.15, 0.2) is 21.7 Å². The van der Waals surface area contributed by atoms with Crippen molar-refractivity contribution >= 4 is 21.4 Å². The number of thiophene rings is 1. The zero-order chi connectivity index (χ0) is 9.73. The lowest BCUT2D eigenvalue weighted by Gasteiger charge is -2.02. The molecule has 0 aliphatic rings. The van der Waals surface area contributed by atoms with Crippen LogP contribution in [0.4, 0.5) is 0 Å². The van der Waals surface area contributed by atoms with Gasteiger partial charge in [-0.3, -0.25) is 0 Å². The van der Waals surface area contributed by atoms with E-state index in [1.807, 2.05) is 0 Å². The lowest BCUT2D eigenvalue weighted by Crippen LogP contribution is -2.25. The van der Waals surface area contributed by atoms with Crippen molar-refractivity contribution in [2.45, 2.75) is 10.6 Å². The Balaban J connectivity index is 2.58. The minimum Gasteiger partial charge on any atom is -0.330 e. The number of nitrogens with one attached hydrogen (secondary N) is 1. The fourth-order valence-corrected chi connectivity index (χ4v) is 2.91. The van der Waals surface area contributed by atoms with Gasteiger partial charge in [0.1, 0.15) is 4.21 Å². The van der Waals surface area contributed by atoms with Crippen LogP contribution in [0.2, 0.25) is 0 Å². The molecule has 0 amide bonds. The topological polar surface area (TPSA) is 72.2 Å². The molecule has 0 unspecified atom stereocenters. The summed E-state index contributed by atoms with van der Waals surface area (Å²) in [5.74, 6) is 0. The number of sulfonamides is 1. The fourth-order valence-electron chi connectivity index (χ4n) is 0.796. The van der Waals surface area contributed by atoms with Gasteiger partial charge in [0.25, 0.3) is 0 Å². The Kier molecular flexibility index (Phi) is 3.86. The van der Waals surface area contributed by atoms with Crippen LogP contribution in [0.3, 0.4) is 0 Å². The van der Waals surface area contributed by atoms with Crippen molar-refractivity contribution < 1.29 is 8.42 Å². The third-order valence-electron chi connectivity index (χ3n) is 1.43.